The van der Waals surface area contributed by atoms with Gasteiger partial charge in [-0.3, -0.25) is 19.5 Å². The van der Waals surface area contributed by atoms with Gasteiger partial charge in [-0.1, -0.05) is 6.92 Å². The van der Waals surface area contributed by atoms with Gasteiger partial charge in [-0.05, 0) is 34.1 Å². The molecule has 0 unspecified atom stereocenters. The van der Waals surface area contributed by atoms with Gasteiger partial charge in [0.25, 0.3) is 5.56 Å². The van der Waals surface area contributed by atoms with Gasteiger partial charge in [-0.2, -0.15) is 0 Å². The molecule has 142 valence electrons. The average Bonchev–Trinajstić information content (AvgIpc) is 2.97. The average molecular weight is 362 g/mol. The number of ether oxygens (including phenoxy) is 1. The predicted octanol–water partition coefficient (Wildman–Crippen LogP) is 1.45. The Morgan fingerprint density at radius 3 is 2.65 bits per heavy atom. The van der Waals surface area contributed by atoms with Crippen LogP contribution in [0.3, 0.4) is 0 Å². The van der Waals surface area contributed by atoms with E-state index in [-0.39, 0.29) is 24.4 Å². The Bertz CT molecular complexity index is 860. The Kier molecular flexibility index (Phi) is 5.84. The van der Waals surface area contributed by atoms with Gasteiger partial charge < -0.3 is 9.64 Å². The van der Waals surface area contributed by atoms with Crippen LogP contribution in [-0.4, -0.2) is 50.1 Å². The molecule has 2 aromatic heterocycles. The molecule has 8 heteroatoms. The summed E-state index contributed by atoms with van der Waals surface area (Å²) in [5, 5.41) is 2.78. The molecule has 1 amide bonds. The van der Waals surface area contributed by atoms with Gasteiger partial charge in [-0.15, -0.1) is 0 Å². The molecule has 0 aliphatic carbocycles. The van der Waals surface area contributed by atoms with E-state index in [9.17, 15) is 14.4 Å². The summed E-state index contributed by atoms with van der Waals surface area (Å²) in [4.78, 5) is 43.1. The van der Waals surface area contributed by atoms with Crippen molar-refractivity contribution < 1.29 is 14.3 Å². The van der Waals surface area contributed by atoms with E-state index in [4.69, 9.17) is 4.74 Å². The van der Waals surface area contributed by atoms with Crippen molar-refractivity contribution in [2.75, 3.05) is 13.1 Å². The van der Waals surface area contributed by atoms with Gasteiger partial charge >= 0.3 is 5.97 Å². The summed E-state index contributed by atoms with van der Waals surface area (Å²) in [7, 11) is 0. The lowest BCUT2D eigenvalue weighted by Gasteiger charge is -2.25. The zero-order valence-corrected chi connectivity index (χ0v) is 16.0. The maximum Gasteiger partial charge on any atom is 0.326 e. The van der Waals surface area contributed by atoms with Crippen LogP contribution in [0.1, 0.15) is 45.4 Å². The lowest BCUT2D eigenvalue weighted by Crippen LogP contribution is -2.41. The molecule has 2 heterocycles. The maximum absolute atomic E-state index is 12.7. The number of aromatic amines is 1. The SMILES string of the molecule is CCCN(CC(=O)OC(C)(C)C)C(=O)Cc1c(C)nc2cc[nH]n2c1=O. The van der Waals surface area contributed by atoms with Crippen molar-refractivity contribution in [2.24, 2.45) is 0 Å². The second kappa shape index (κ2) is 7.72. The highest BCUT2D eigenvalue weighted by atomic mass is 16.6. The molecule has 0 aliphatic rings. The minimum absolute atomic E-state index is 0.109. The maximum atomic E-state index is 12.7. The number of nitrogens with one attached hydrogen (secondary N) is 1. The number of rotatable bonds is 6. The van der Waals surface area contributed by atoms with E-state index >= 15 is 0 Å². The minimum Gasteiger partial charge on any atom is -0.459 e. The summed E-state index contributed by atoms with van der Waals surface area (Å²) in [6.07, 6.45) is 2.20. The van der Waals surface area contributed by atoms with Gasteiger partial charge in [-0.25, -0.2) is 9.50 Å². The number of nitrogens with zero attached hydrogens (tertiary/aromatic N) is 3. The smallest absolute Gasteiger partial charge is 0.326 e. The van der Waals surface area contributed by atoms with E-state index in [1.807, 2.05) is 6.92 Å². The number of aryl methyl sites for hydroxylation is 1. The predicted molar refractivity (Wildman–Crippen MR) is 97.0 cm³/mol. The second-order valence-electron chi connectivity index (χ2n) is 7.22. The fraction of sp³-hybridized carbons (Fsp3) is 0.556. The number of fused-ring (bicyclic) bond motifs is 1. The van der Waals surface area contributed by atoms with Crippen molar-refractivity contribution in [3.63, 3.8) is 0 Å². The lowest BCUT2D eigenvalue weighted by molar-refractivity contribution is -0.158. The zero-order chi connectivity index (χ0) is 19.5. The fourth-order valence-corrected chi connectivity index (χ4v) is 2.66. The van der Waals surface area contributed by atoms with E-state index in [0.717, 1.165) is 0 Å². The van der Waals surface area contributed by atoms with E-state index in [1.54, 1.807) is 40.0 Å². The number of carbonyl (C=O) groups excluding carboxylic acids is 2. The van der Waals surface area contributed by atoms with Crippen molar-refractivity contribution in [1.29, 1.82) is 0 Å². The van der Waals surface area contributed by atoms with E-state index in [2.05, 4.69) is 10.1 Å². The minimum atomic E-state index is -0.615. The summed E-state index contributed by atoms with van der Waals surface area (Å²) < 4.78 is 6.59. The second-order valence-corrected chi connectivity index (χ2v) is 7.22. The van der Waals surface area contributed by atoms with Gasteiger partial charge in [0.05, 0.1) is 6.42 Å². The van der Waals surface area contributed by atoms with Crippen molar-refractivity contribution in [3.05, 3.63) is 33.9 Å². The van der Waals surface area contributed by atoms with Crippen LogP contribution in [-0.2, 0) is 20.7 Å². The molecule has 8 nitrogen and oxygen atoms in total. The highest BCUT2D eigenvalue weighted by Crippen LogP contribution is 2.10. The largest absolute Gasteiger partial charge is 0.459 e. The van der Waals surface area contributed by atoms with Gasteiger partial charge in [0.1, 0.15) is 12.1 Å². The first-order chi connectivity index (χ1) is 12.1. The Hall–Kier alpha value is -2.64. The van der Waals surface area contributed by atoms with Crippen LogP contribution in [0.25, 0.3) is 5.65 Å². The molecule has 26 heavy (non-hydrogen) atoms. The van der Waals surface area contributed by atoms with Crippen LogP contribution in [0.5, 0.6) is 0 Å². The summed E-state index contributed by atoms with van der Waals surface area (Å²) in [6, 6.07) is 1.69. The quantitative estimate of drug-likeness (QED) is 0.785. The molecule has 0 fully saturated rings. The first-order valence-corrected chi connectivity index (χ1v) is 8.67. The molecule has 0 atom stereocenters. The Morgan fingerprint density at radius 2 is 2.04 bits per heavy atom. The molecule has 0 saturated carbocycles. The third kappa shape index (κ3) is 4.71. The van der Waals surface area contributed by atoms with Crippen molar-refractivity contribution >= 4 is 17.5 Å². The van der Waals surface area contributed by atoms with Crippen molar-refractivity contribution in [2.45, 2.75) is 53.1 Å². The molecule has 1 N–H and O–H groups in total. The monoisotopic (exact) mass is 362 g/mol. The molecule has 2 rings (SSSR count). The van der Waals surface area contributed by atoms with Crippen LogP contribution in [0.15, 0.2) is 17.1 Å². The normalized spacial score (nSPS) is 11.6. The fourth-order valence-electron chi connectivity index (χ4n) is 2.66. The number of esters is 1. The van der Waals surface area contributed by atoms with Crippen molar-refractivity contribution in [3.8, 4) is 0 Å². The molecular weight excluding hydrogens is 336 g/mol. The van der Waals surface area contributed by atoms with Gasteiger partial charge in [0.2, 0.25) is 5.91 Å². The molecule has 0 spiro atoms. The molecule has 2 aromatic rings. The summed E-state index contributed by atoms with van der Waals surface area (Å²) in [5.74, 6) is -0.767. The van der Waals surface area contributed by atoms with Crippen LogP contribution >= 0.6 is 0 Å². The topological polar surface area (TPSA) is 96.8 Å². The van der Waals surface area contributed by atoms with E-state index in [1.165, 1.54) is 9.42 Å². The van der Waals surface area contributed by atoms with E-state index in [0.29, 0.717) is 29.9 Å². The Morgan fingerprint density at radius 1 is 1.35 bits per heavy atom. The number of H-pyrrole nitrogens is 1. The highest BCUT2D eigenvalue weighted by Gasteiger charge is 2.23. The third-order valence-corrected chi connectivity index (χ3v) is 3.76. The Balaban J connectivity index is 2.20. The molecular formula is C18H26N4O4. The first kappa shape index (κ1) is 19.7. The third-order valence-electron chi connectivity index (χ3n) is 3.76. The summed E-state index contributed by atoms with van der Waals surface area (Å²) in [6.45, 7) is 9.23. The lowest BCUT2D eigenvalue weighted by atomic mass is 10.1. The molecule has 0 aromatic carbocycles. The van der Waals surface area contributed by atoms with Gasteiger partial charge in [0, 0.05) is 30.1 Å². The number of amides is 1. The molecule has 0 saturated heterocycles. The van der Waals surface area contributed by atoms with Crippen LogP contribution < -0.4 is 5.56 Å². The number of aromatic nitrogens is 3. The number of hydrogen-bond acceptors (Lipinski definition) is 5. The van der Waals surface area contributed by atoms with Crippen LogP contribution in [0.4, 0.5) is 0 Å². The first-order valence-electron chi connectivity index (χ1n) is 8.67. The standard InChI is InChI=1S/C18H26N4O4/c1-6-9-21(11-16(24)26-18(3,4)5)15(23)10-13-12(2)20-14-7-8-19-22(14)17(13)25/h7-8,19H,6,9-11H2,1-5H3. The summed E-state index contributed by atoms with van der Waals surface area (Å²) >= 11 is 0. The molecule has 0 bridgehead atoms. The molecule has 0 radical (unpaired) electrons. The van der Waals surface area contributed by atoms with Gasteiger partial charge in [0.15, 0.2) is 5.65 Å². The zero-order valence-electron chi connectivity index (χ0n) is 16.0. The summed E-state index contributed by atoms with van der Waals surface area (Å²) in [5.41, 5.74) is 0.412. The van der Waals surface area contributed by atoms with Crippen molar-refractivity contribution in [1.82, 2.24) is 19.5 Å². The van der Waals surface area contributed by atoms with Crippen LogP contribution in [0, 0.1) is 6.92 Å². The van der Waals surface area contributed by atoms with E-state index < -0.39 is 11.6 Å². The number of hydrogen-bond donors (Lipinski definition) is 1. The van der Waals surface area contributed by atoms with Crippen LogP contribution in [0.2, 0.25) is 0 Å². The highest BCUT2D eigenvalue weighted by molar-refractivity contribution is 5.83. The molecule has 0 aliphatic heterocycles. The number of carbonyl (C=O) groups is 2. The Labute approximate surface area is 152 Å².